The third kappa shape index (κ3) is 4.23. The van der Waals surface area contributed by atoms with Crippen molar-refractivity contribution in [2.75, 3.05) is 13.7 Å². The van der Waals surface area contributed by atoms with Crippen molar-refractivity contribution in [1.29, 1.82) is 0 Å². The molecule has 2 aromatic carbocycles. The highest BCUT2D eigenvalue weighted by molar-refractivity contribution is 7.13. The van der Waals surface area contributed by atoms with Gasteiger partial charge in [0.25, 0.3) is 0 Å². The lowest BCUT2D eigenvalue weighted by molar-refractivity contribution is 0.302. The van der Waals surface area contributed by atoms with Crippen LogP contribution in [0.25, 0.3) is 10.6 Å². The number of rotatable bonds is 7. The first-order valence-electron chi connectivity index (χ1n) is 7.94. The van der Waals surface area contributed by atoms with Crippen molar-refractivity contribution in [2.24, 2.45) is 0 Å². The van der Waals surface area contributed by atoms with E-state index < -0.39 is 0 Å². The zero-order valence-corrected chi connectivity index (χ0v) is 16.6. The highest BCUT2D eigenvalue weighted by Crippen LogP contribution is 2.35. The van der Waals surface area contributed by atoms with Gasteiger partial charge in [-0.3, -0.25) is 0 Å². The number of methoxy groups -OCH3 is 1. The van der Waals surface area contributed by atoms with Gasteiger partial charge in [-0.15, -0.1) is 11.3 Å². The maximum atomic E-state index is 6.12. The molecule has 4 nitrogen and oxygen atoms in total. The molecule has 3 rings (SSSR count). The number of hydrogen-bond donors (Lipinski definition) is 0. The molecule has 26 heavy (non-hydrogen) atoms. The Morgan fingerprint density at radius 2 is 1.81 bits per heavy atom. The number of ether oxygens (including phenoxy) is 3. The van der Waals surface area contributed by atoms with E-state index in [2.05, 4.69) is 4.98 Å². The zero-order chi connectivity index (χ0) is 18.5. The Balaban J connectivity index is 1.75. The largest absolute Gasteiger partial charge is 0.493 e. The van der Waals surface area contributed by atoms with E-state index in [1.807, 2.05) is 30.5 Å². The molecule has 0 saturated heterocycles. The number of para-hydroxylation sites is 1. The van der Waals surface area contributed by atoms with E-state index in [0.29, 0.717) is 33.9 Å². The van der Waals surface area contributed by atoms with Crippen molar-refractivity contribution in [3.8, 4) is 27.8 Å². The van der Waals surface area contributed by atoms with Crippen LogP contribution in [-0.4, -0.2) is 18.7 Å². The third-order valence-electron chi connectivity index (χ3n) is 3.55. The van der Waals surface area contributed by atoms with E-state index in [4.69, 9.17) is 37.4 Å². The van der Waals surface area contributed by atoms with Gasteiger partial charge in [0, 0.05) is 10.9 Å². The van der Waals surface area contributed by atoms with Crippen molar-refractivity contribution in [3.63, 3.8) is 0 Å². The Bertz CT molecular complexity index is 878. The molecule has 0 fully saturated rings. The molecule has 0 radical (unpaired) electrons. The fourth-order valence-electron chi connectivity index (χ4n) is 2.35. The molecule has 0 spiro atoms. The minimum Gasteiger partial charge on any atom is -0.493 e. The molecule has 0 amide bonds. The lowest BCUT2D eigenvalue weighted by Crippen LogP contribution is -1.97. The van der Waals surface area contributed by atoms with Crippen molar-refractivity contribution < 1.29 is 14.2 Å². The van der Waals surface area contributed by atoms with E-state index in [1.54, 1.807) is 25.3 Å². The SMILES string of the molecule is CCOc1ccc(-c2nc(COc3c(Cl)cccc3Cl)cs2)cc1OC. The molecule has 0 saturated carbocycles. The summed E-state index contributed by atoms with van der Waals surface area (Å²) >= 11 is 13.8. The van der Waals surface area contributed by atoms with E-state index in [0.717, 1.165) is 16.3 Å². The first-order valence-corrected chi connectivity index (χ1v) is 9.58. The Labute approximate surface area is 166 Å². The van der Waals surface area contributed by atoms with E-state index in [-0.39, 0.29) is 6.61 Å². The molecule has 1 aromatic heterocycles. The van der Waals surface area contributed by atoms with Gasteiger partial charge in [0.05, 0.1) is 29.5 Å². The summed E-state index contributed by atoms with van der Waals surface area (Å²) in [6, 6.07) is 11.0. The van der Waals surface area contributed by atoms with Crippen LogP contribution in [0.15, 0.2) is 41.8 Å². The predicted molar refractivity (Wildman–Crippen MR) is 106 cm³/mol. The van der Waals surface area contributed by atoms with Gasteiger partial charge in [-0.05, 0) is 37.3 Å². The molecule has 0 unspecified atom stereocenters. The number of hydrogen-bond acceptors (Lipinski definition) is 5. The second-order valence-electron chi connectivity index (χ2n) is 5.28. The molecule has 0 atom stereocenters. The van der Waals surface area contributed by atoms with Crippen LogP contribution in [0.3, 0.4) is 0 Å². The van der Waals surface area contributed by atoms with Crippen LogP contribution in [0.5, 0.6) is 17.2 Å². The molecule has 0 aliphatic carbocycles. The quantitative estimate of drug-likeness (QED) is 0.472. The van der Waals surface area contributed by atoms with E-state index in [9.17, 15) is 0 Å². The summed E-state index contributed by atoms with van der Waals surface area (Å²) in [5.41, 5.74) is 1.76. The van der Waals surface area contributed by atoms with Crippen LogP contribution < -0.4 is 14.2 Å². The number of benzene rings is 2. The highest BCUT2D eigenvalue weighted by Gasteiger charge is 2.12. The number of aromatic nitrogens is 1. The average molecular weight is 410 g/mol. The first-order chi connectivity index (χ1) is 12.6. The third-order valence-corrected chi connectivity index (χ3v) is 5.08. The van der Waals surface area contributed by atoms with Gasteiger partial charge in [-0.1, -0.05) is 29.3 Å². The van der Waals surface area contributed by atoms with Crippen LogP contribution >= 0.6 is 34.5 Å². The number of halogens is 2. The standard InChI is InChI=1S/C19H17Cl2NO3S/c1-3-24-16-8-7-12(9-17(16)23-2)19-22-13(11-26-19)10-25-18-14(20)5-4-6-15(18)21/h4-9,11H,3,10H2,1-2H3. The first kappa shape index (κ1) is 18.8. The summed E-state index contributed by atoms with van der Waals surface area (Å²) < 4.78 is 16.7. The summed E-state index contributed by atoms with van der Waals surface area (Å²) in [6.07, 6.45) is 0. The smallest absolute Gasteiger partial charge is 0.161 e. The Hall–Kier alpha value is -1.95. The lowest BCUT2D eigenvalue weighted by Gasteiger charge is -2.10. The predicted octanol–water partition coefficient (Wildman–Crippen LogP) is 6.10. The Morgan fingerprint density at radius 3 is 2.50 bits per heavy atom. The molecule has 7 heteroatoms. The maximum Gasteiger partial charge on any atom is 0.161 e. The molecule has 0 N–H and O–H groups in total. The normalized spacial score (nSPS) is 10.6. The molecule has 0 aliphatic rings. The maximum absolute atomic E-state index is 6.12. The molecule has 0 bridgehead atoms. The molecular formula is C19H17Cl2NO3S. The van der Waals surface area contributed by atoms with Gasteiger partial charge < -0.3 is 14.2 Å². The van der Waals surface area contributed by atoms with Crippen LogP contribution in [-0.2, 0) is 6.61 Å². The van der Waals surface area contributed by atoms with Gasteiger partial charge in [-0.2, -0.15) is 0 Å². The van der Waals surface area contributed by atoms with E-state index >= 15 is 0 Å². The minimum atomic E-state index is 0.286. The Kier molecular flexibility index (Phi) is 6.25. The fraction of sp³-hybridized carbons (Fsp3) is 0.211. The second-order valence-corrected chi connectivity index (χ2v) is 6.95. The number of thiazole rings is 1. The molecule has 0 aliphatic heterocycles. The van der Waals surface area contributed by atoms with Crippen LogP contribution in [0.4, 0.5) is 0 Å². The van der Waals surface area contributed by atoms with Gasteiger partial charge in [0.1, 0.15) is 11.6 Å². The van der Waals surface area contributed by atoms with Crippen LogP contribution in [0.1, 0.15) is 12.6 Å². The van der Waals surface area contributed by atoms with Crippen LogP contribution in [0.2, 0.25) is 10.0 Å². The monoisotopic (exact) mass is 409 g/mol. The zero-order valence-electron chi connectivity index (χ0n) is 14.3. The van der Waals surface area contributed by atoms with Crippen molar-refractivity contribution in [3.05, 3.63) is 57.5 Å². The minimum absolute atomic E-state index is 0.286. The van der Waals surface area contributed by atoms with Crippen molar-refractivity contribution in [1.82, 2.24) is 4.98 Å². The summed E-state index contributed by atoms with van der Waals surface area (Å²) in [5, 5.41) is 3.77. The summed E-state index contributed by atoms with van der Waals surface area (Å²) in [4.78, 5) is 4.62. The summed E-state index contributed by atoms with van der Waals surface area (Å²) in [6.45, 7) is 2.80. The second kappa shape index (κ2) is 8.62. The van der Waals surface area contributed by atoms with Crippen molar-refractivity contribution >= 4 is 34.5 Å². The highest BCUT2D eigenvalue weighted by atomic mass is 35.5. The Morgan fingerprint density at radius 1 is 1.04 bits per heavy atom. The molecule has 3 aromatic rings. The number of nitrogens with zero attached hydrogens (tertiary/aromatic N) is 1. The van der Waals surface area contributed by atoms with Crippen molar-refractivity contribution in [2.45, 2.75) is 13.5 Å². The van der Waals surface area contributed by atoms with Gasteiger partial charge in [-0.25, -0.2) is 4.98 Å². The molecular weight excluding hydrogens is 393 g/mol. The van der Waals surface area contributed by atoms with Crippen LogP contribution in [0, 0.1) is 0 Å². The summed E-state index contributed by atoms with van der Waals surface area (Å²) in [7, 11) is 1.62. The lowest BCUT2D eigenvalue weighted by atomic mass is 10.2. The topological polar surface area (TPSA) is 40.6 Å². The average Bonchev–Trinajstić information content (AvgIpc) is 3.11. The van der Waals surface area contributed by atoms with E-state index in [1.165, 1.54) is 11.3 Å². The van der Waals surface area contributed by atoms with Gasteiger partial charge in [0.2, 0.25) is 0 Å². The molecule has 136 valence electrons. The molecule has 1 heterocycles. The fourth-order valence-corrected chi connectivity index (χ4v) is 3.66. The van der Waals surface area contributed by atoms with Gasteiger partial charge >= 0.3 is 0 Å². The summed E-state index contributed by atoms with van der Waals surface area (Å²) in [5.74, 6) is 1.86. The van der Waals surface area contributed by atoms with Gasteiger partial charge in [0.15, 0.2) is 17.2 Å².